The van der Waals surface area contributed by atoms with E-state index in [1.165, 1.54) is 31.2 Å². The Morgan fingerprint density at radius 2 is 1.67 bits per heavy atom. The van der Waals surface area contributed by atoms with Gasteiger partial charge in [-0.1, -0.05) is 12.1 Å². The lowest BCUT2D eigenvalue weighted by Crippen LogP contribution is -2.43. The highest BCUT2D eigenvalue weighted by Crippen LogP contribution is 2.31. The topological polar surface area (TPSA) is 41.1 Å². The SMILES string of the molecule is CC(=O)NC1CCC(N[C@@H](CC(F)(F)F)c2ccc(F)cc2)CC1. The minimum absolute atomic E-state index is 0.0487. The number of nitrogens with one attached hydrogen (secondary N) is 2. The summed E-state index contributed by atoms with van der Waals surface area (Å²) in [5, 5.41) is 5.91. The molecule has 0 heterocycles. The molecule has 0 aliphatic heterocycles. The summed E-state index contributed by atoms with van der Waals surface area (Å²) in [5.41, 5.74) is 0.428. The van der Waals surface area contributed by atoms with Crippen molar-refractivity contribution in [3.63, 3.8) is 0 Å². The summed E-state index contributed by atoms with van der Waals surface area (Å²) in [6.07, 6.45) is -2.44. The van der Waals surface area contributed by atoms with Crippen molar-refractivity contribution in [3.8, 4) is 0 Å². The quantitative estimate of drug-likeness (QED) is 0.795. The van der Waals surface area contributed by atoms with E-state index in [4.69, 9.17) is 0 Å². The molecule has 0 spiro atoms. The Kier molecular flexibility index (Phi) is 6.21. The average Bonchev–Trinajstić information content (AvgIpc) is 2.47. The van der Waals surface area contributed by atoms with Crippen LogP contribution in [-0.4, -0.2) is 24.2 Å². The highest BCUT2D eigenvalue weighted by molar-refractivity contribution is 5.73. The highest BCUT2D eigenvalue weighted by Gasteiger charge is 2.34. The molecule has 0 unspecified atom stereocenters. The van der Waals surface area contributed by atoms with Crippen molar-refractivity contribution >= 4 is 5.91 Å². The Morgan fingerprint density at radius 3 is 2.17 bits per heavy atom. The number of carbonyl (C=O) groups is 1. The maximum absolute atomic E-state index is 13.0. The smallest absolute Gasteiger partial charge is 0.354 e. The molecule has 0 bridgehead atoms. The average molecular weight is 346 g/mol. The lowest BCUT2D eigenvalue weighted by atomic mass is 9.89. The predicted octanol–water partition coefficient (Wildman–Crippen LogP) is 3.86. The highest BCUT2D eigenvalue weighted by atomic mass is 19.4. The summed E-state index contributed by atoms with van der Waals surface area (Å²) in [5.74, 6) is -0.562. The van der Waals surface area contributed by atoms with Gasteiger partial charge in [0, 0.05) is 25.0 Å². The third kappa shape index (κ3) is 6.11. The van der Waals surface area contributed by atoms with E-state index >= 15 is 0 Å². The minimum atomic E-state index is -4.31. The Morgan fingerprint density at radius 1 is 1.12 bits per heavy atom. The first-order valence-electron chi connectivity index (χ1n) is 8.08. The van der Waals surface area contributed by atoms with E-state index in [0.29, 0.717) is 18.4 Å². The van der Waals surface area contributed by atoms with Gasteiger partial charge in [0.05, 0.1) is 6.42 Å². The minimum Gasteiger partial charge on any atom is -0.354 e. The molecule has 1 saturated carbocycles. The van der Waals surface area contributed by atoms with Crippen molar-refractivity contribution in [1.82, 2.24) is 10.6 Å². The lowest BCUT2D eigenvalue weighted by Gasteiger charge is -2.33. The molecule has 1 aromatic rings. The fourth-order valence-electron chi connectivity index (χ4n) is 3.18. The number of alkyl halides is 3. The van der Waals surface area contributed by atoms with E-state index in [-0.39, 0.29) is 18.0 Å². The zero-order valence-corrected chi connectivity index (χ0v) is 13.5. The number of hydrogen-bond donors (Lipinski definition) is 2. The first-order valence-corrected chi connectivity index (χ1v) is 8.08. The van der Waals surface area contributed by atoms with Crippen molar-refractivity contribution in [3.05, 3.63) is 35.6 Å². The van der Waals surface area contributed by atoms with Crippen LogP contribution in [0.15, 0.2) is 24.3 Å². The van der Waals surface area contributed by atoms with Gasteiger partial charge in [0.25, 0.3) is 0 Å². The molecule has 2 N–H and O–H groups in total. The monoisotopic (exact) mass is 346 g/mol. The third-order valence-corrected chi connectivity index (χ3v) is 4.28. The summed E-state index contributed by atoms with van der Waals surface area (Å²) in [7, 11) is 0. The molecule has 24 heavy (non-hydrogen) atoms. The number of benzene rings is 1. The molecule has 1 aliphatic rings. The summed E-state index contributed by atoms with van der Waals surface area (Å²) in [4.78, 5) is 11.1. The molecule has 3 nitrogen and oxygen atoms in total. The Balaban J connectivity index is 1.98. The molecule has 1 amide bonds. The van der Waals surface area contributed by atoms with Crippen molar-refractivity contribution < 1.29 is 22.4 Å². The molecule has 0 aromatic heterocycles. The molecule has 2 rings (SSSR count). The molecular weight excluding hydrogens is 324 g/mol. The second kappa shape index (κ2) is 7.96. The second-order valence-corrected chi connectivity index (χ2v) is 6.34. The van der Waals surface area contributed by atoms with Gasteiger partial charge in [0.1, 0.15) is 5.82 Å². The molecule has 1 aromatic carbocycles. The van der Waals surface area contributed by atoms with Crippen LogP contribution in [0.3, 0.4) is 0 Å². The molecule has 1 fully saturated rings. The van der Waals surface area contributed by atoms with Gasteiger partial charge in [-0.25, -0.2) is 4.39 Å². The number of halogens is 4. The van der Waals surface area contributed by atoms with Crippen LogP contribution in [-0.2, 0) is 4.79 Å². The van der Waals surface area contributed by atoms with E-state index in [1.807, 2.05) is 0 Å². The maximum Gasteiger partial charge on any atom is 0.390 e. The van der Waals surface area contributed by atoms with Crippen LogP contribution in [0.25, 0.3) is 0 Å². The van der Waals surface area contributed by atoms with Crippen LogP contribution >= 0.6 is 0 Å². The number of amides is 1. The van der Waals surface area contributed by atoms with Gasteiger partial charge in [-0.15, -0.1) is 0 Å². The van der Waals surface area contributed by atoms with E-state index in [9.17, 15) is 22.4 Å². The summed E-state index contributed by atoms with van der Waals surface area (Å²) in [6.45, 7) is 1.46. The van der Waals surface area contributed by atoms with Gasteiger partial charge in [0.2, 0.25) is 5.91 Å². The van der Waals surface area contributed by atoms with E-state index in [1.54, 1.807) is 0 Å². The number of carbonyl (C=O) groups excluding carboxylic acids is 1. The molecule has 1 atom stereocenters. The van der Waals surface area contributed by atoms with Gasteiger partial charge in [-0.3, -0.25) is 4.79 Å². The normalized spacial score (nSPS) is 22.9. The zero-order valence-electron chi connectivity index (χ0n) is 13.5. The van der Waals surface area contributed by atoms with Crippen LogP contribution in [0, 0.1) is 5.82 Å². The van der Waals surface area contributed by atoms with Crippen LogP contribution in [0.1, 0.15) is 50.6 Å². The van der Waals surface area contributed by atoms with Crippen molar-refractivity contribution in [2.45, 2.75) is 63.3 Å². The maximum atomic E-state index is 13.0. The summed E-state index contributed by atoms with van der Waals surface area (Å²) < 4.78 is 51.6. The lowest BCUT2D eigenvalue weighted by molar-refractivity contribution is -0.141. The third-order valence-electron chi connectivity index (χ3n) is 4.28. The largest absolute Gasteiger partial charge is 0.390 e. The van der Waals surface area contributed by atoms with Crippen LogP contribution in [0.5, 0.6) is 0 Å². The van der Waals surface area contributed by atoms with E-state index < -0.39 is 24.5 Å². The van der Waals surface area contributed by atoms with Gasteiger partial charge < -0.3 is 10.6 Å². The van der Waals surface area contributed by atoms with Crippen LogP contribution < -0.4 is 10.6 Å². The van der Waals surface area contributed by atoms with Gasteiger partial charge in [-0.05, 0) is 43.4 Å². The second-order valence-electron chi connectivity index (χ2n) is 6.34. The van der Waals surface area contributed by atoms with Gasteiger partial charge in [0.15, 0.2) is 0 Å². The molecule has 7 heteroatoms. The fourth-order valence-corrected chi connectivity index (χ4v) is 3.18. The van der Waals surface area contributed by atoms with Gasteiger partial charge in [-0.2, -0.15) is 13.2 Å². The Bertz CT molecular complexity index is 537. The first-order chi connectivity index (χ1) is 11.2. The summed E-state index contributed by atoms with van der Waals surface area (Å²) in [6, 6.07) is 4.28. The number of rotatable bonds is 5. The standard InChI is InChI=1S/C17H22F4N2O/c1-11(24)22-14-6-8-15(9-7-14)23-16(10-17(19,20)21)12-2-4-13(18)5-3-12/h2-5,14-16,23H,6-10H2,1H3,(H,22,24)/t14?,15?,16-/m0/s1. The fraction of sp³-hybridized carbons (Fsp3) is 0.588. The van der Waals surface area contributed by atoms with Crippen LogP contribution in [0.2, 0.25) is 0 Å². The van der Waals surface area contributed by atoms with Crippen molar-refractivity contribution in [2.75, 3.05) is 0 Å². The Hall–Kier alpha value is -1.63. The zero-order chi connectivity index (χ0) is 17.7. The van der Waals surface area contributed by atoms with E-state index in [0.717, 1.165) is 12.8 Å². The first kappa shape index (κ1) is 18.7. The molecule has 0 saturated heterocycles. The molecular formula is C17H22F4N2O. The summed E-state index contributed by atoms with van der Waals surface area (Å²) >= 11 is 0. The van der Waals surface area contributed by atoms with Crippen molar-refractivity contribution in [2.24, 2.45) is 0 Å². The van der Waals surface area contributed by atoms with Crippen molar-refractivity contribution in [1.29, 1.82) is 0 Å². The molecule has 1 aliphatic carbocycles. The Labute approximate surface area is 138 Å². The predicted molar refractivity (Wildman–Crippen MR) is 82.8 cm³/mol. The van der Waals surface area contributed by atoms with Gasteiger partial charge >= 0.3 is 6.18 Å². The van der Waals surface area contributed by atoms with E-state index in [2.05, 4.69) is 10.6 Å². The molecule has 0 radical (unpaired) electrons. The van der Waals surface area contributed by atoms with Crippen LogP contribution in [0.4, 0.5) is 17.6 Å². The number of hydrogen-bond acceptors (Lipinski definition) is 2. The molecule has 134 valence electrons.